The van der Waals surface area contributed by atoms with Gasteiger partial charge in [0, 0.05) is 115 Å². The van der Waals surface area contributed by atoms with Crippen LogP contribution in [0.3, 0.4) is 0 Å². The molecule has 10 aromatic carbocycles. The molecule has 20 heteroatoms. The number of nitrogens with one attached hydrogen (secondary N) is 4. The molecule has 8 bridgehead atoms. The molecule has 0 heterocycles. The summed E-state index contributed by atoms with van der Waals surface area (Å²) < 4.78 is 36.0. The van der Waals surface area contributed by atoms with Crippen LogP contribution < -0.4 is 59.5 Å². The summed E-state index contributed by atoms with van der Waals surface area (Å²) in [5.74, 6) is 0.0312. The van der Waals surface area contributed by atoms with E-state index in [0.717, 1.165) is 12.8 Å². The van der Waals surface area contributed by atoms with Gasteiger partial charge in [-0.15, -0.1) is 0 Å². The minimum absolute atomic E-state index is 0.143. The largest absolute Gasteiger partial charge is 0.507 e. The number of ether oxygens (including phenoxy) is 6. The number of phenolic OH excluding ortho intramolecular Hbond substituents is 2. The summed E-state index contributed by atoms with van der Waals surface area (Å²) in [6.07, 6.45) is 3.19. The van der Waals surface area contributed by atoms with Crippen molar-refractivity contribution in [2.45, 2.75) is 77.3 Å². The first-order valence-corrected chi connectivity index (χ1v) is 34.3. The topological polar surface area (TPSA) is 253 Å². The van der Waals surface area contributed by atoms with E-state index in [0.29, 0.717) is 116 Å². The fourth-order valence-corrected chi connectivity index (χ4v) is 12.9. The maximum atomic E-state index is 16.0. The van der Waals surface area contributed by atoms with Crippen molar-refractivity contribution in [2.24, 2.45) is 0 Å². The molecule has 104 heavy (non-hydrogen) atoms. The van der Waals surface area contributed by atoms with Gasteiger partial charge >= 0.3 is 0 Å². The number of amides is 6. The van der Waals surface area contributed by atoms with Crippen LogP contribution in [0.15, 0.2) is 206 Å². The van der Waals surface area contributed by atoms with Crippen molar-refractivity contribution >= 4 is 70.6 Å². The Morgan fingerprint density at radius 1 is 0.404 bits per heavy atom. The van der Waals surface area contributed by atoms with Crippen LogP contribution in [0.25, 0.3) is 0 Å². The average Bonchev–Trinajstić information content (AvgIpc) is 0.770. The van der Waals surface area contributed by atoms with E-state index in [1.165, 1.54) is 38.2 Å². The lowest BCUT2D eigenvalue weighted by atomic mass is 9.89. The molecular formula is C84H82N6O14. The second kappa shape index (κ2) is 34.2. The maximum Gasteiger partial charge on any atom is 0.259 e. The van der Waals surface area contributed by atoms with E-state index in [2.05, 4.69) is 21.3 Å². The summed E-state index contributed by atoms with van der Waals surface area (Å²) >= 11 is 0. The highest BCUT2D eigenvalue weighted by molar-refractivity contribution is 6.13. The SMILES string of the molecule is CCCCOc1c2cc(N(C(=O)c3ccccc3)C(C(=O)Nc3ccc(OC)cc3)c3ccc(OC)cc3)cc1Cc1cc(NC=O)cc(c1O)Cc1cc(N(C(=O)c3ccccc3)C(C(=O)Nc3ccc(OC)cc3)c3ccc(OC)cc3)cc(c1OCCCC)Cc1cc(NC=O)cc(c1O)C2. The number of methoxy groups -OCH3 is 4. The number of benzene rings is 10. The first kappa shape index (κ1) is 72.7. The Labute approximate surface area is 604 Å². The lowest BCUT2D eigenvalue weighted by Gasteiger charge is -2.33. The molecule has 2 atom stereocenters. The van der Waals surface area contributed by atoms with Crippen molar-refractivity contribution in [3.05, 3.63) is 273 Å². The van der Waals surface area contributed by atoms with Crippen molar-refractivity contribution in [1.82, 2.24) is 0 Å². The maximum absolute atomic E-state index is 16.0. The third kappa shape index (κ3) is 16.9. The fraction of sp³-hybridized carbons (Fsp3) is 0.214. The summed E-state index contributed by atoms with van der Waals surface area (Å²) in [6, 6.07) is 55.0. The number of carbonyl (C=O) groups is 6. The fourth-order valence-electron chi connectivity index (χ4n) is 12.9. The van der Waals surface area contributed by atoms with E-state index in [4.69, 9.17) is 28.4 Å². The number of nitrogens with zero attached hydrogens (tertiary/aromatic N) is 2. The molecule has 1 aliphatic rings. The summed E-state index contributed by atoms with van der Waals surface area (Å²) in [7, 11) is 6.13. The molecule has 0 saturated heterocycles. The van der Waals surface area contributed by atoms with Crippen molar-refractivity contribution < 1.29 is 67.4 Å². The monoisotopic (exact) mass is 1400 g/mol. The van der Waals surface area contributed by atoms with E-state index < -0.39 is 35.7 Å². The second-order valence-electron chi connectivity index (χ2n) is 25.0. The molecular weight excluding hydrogens is 1320 g/mol. The summed E-state index contributed by atoms with van der Waals surface area (Å²) in [5.41, 5.74) is 5.91. The molecule has 6 N–H and O–H groups in total. The van der Waals surface area contributed by atoms with E-state index >= 15 is 19.2 Å². The zero-order valence-corrected chi connectivity index (χ0v) is 58.7. The van der Waals surface area contributed by atoms with Gasteiger partial charge in [-0.05, 0) is 170 Å². The molecule has 0 aromatic heterocycles. The van der Waals surface area contributed by atoms with Crippen LogP contribution in [0.2, 0.25) is 0 Å². The van der Waals surface area contributed by atoms with Gasteiger partial charge in [0.05, 0.1) is 41.7 Å². The van der Waals surface area contributed by atoms with Crippen molar-refractivity contribution in [3.8, 4) is 46.0 Å². The highest BCUT2D eigenvalue weighted by Crippen LogP contribution is 2.46. The van der Waals surface area contributed by atoms with Gasteiger partial charge in [-0.25, -0.2) is 0 Å². The number of carbonyl (C=O) groups excluding carboxylic acids is 6. The van der Waals surface area contributed by atoms with Crippen LogP contribution in [-0.2, 0) is 44.9 Å². The van der Waals surface area contributed by atoms with Gasteiger partial charge in [0.15, 0.2) is 0 Å². The van der Waals surface area contributed by atoms with Crippen LogP contribution in [0.1, 0.15) is 128 Å². The number of phenols is 2. The Kier molecular flexibility index (Phi) is 23.9. The van der Waals surface area contributed by atoms with Gasteiger partial charge in [-0.1, -0.05) is 87.4 Å². The smallest absolute Gasteiger partial charge is 0.259 e. The van der Waals surface area contributed by atoms with Crippen LogP contribution in [-0.4, -0.2) is 88.3 Å². The molecule has 0 aliphatic heterocycles. The Morgan fingerprint density at radius 2 is 0.702 bits per heavy atom. The van der Waals surface area contributed by atoms with Gasteiger partial charge < -0.3 is 59.9 Å². The third-order valence-electron chi connectivity index (χ3n) is 18.1. The van der Waals surface area contributed by atoms with Crippen LogP contribution >= 0.6 is 0 Å². The van der Waals surface area contributed by atoms with Gasteiger partial charge in [0.2, 0.25) is 12.8 Å². The number of hydrogen-bond donors (Lipinski definition) is 6. The number of unbranched alkanes of at least 4 members (excludes halogenated alkanes) is 2. The number of aromatic hydroxyl groups is 2. The molecule has 0 spiro atoms. The zero-order valence-electron chi connectivity index (χ0n) is 58.7. The summed E-state index contributed by atoms with van der Waals surface area (Å²) in [5, 5.41) is 38.4. The molecule has 0 saturated carbocycles. The zero-order chi connectivity index (χ0) is 73.2. The van der Waals surface area contributed by atoms with Gasteiger partial charge in [-0.3, -0.25) is 38.6 Å². The molecule has 0 fully saturated rings. The highest BCUT2D eigenvalue weighted by Gasteiger charge is 2.38. The van der Waals surface area contributed by atoms with Crippen molar-refractivity contribution in [2.75, 3.05) is 72.7 Å². The first-order valence-electron chi connectivity index (χ1n) is 34.3. The third-order valence-corrected chi connectivity index (χ3v) is 18.1. The second-order valence-corrected chi connectivity index (χ2v) is 25.0. The van der Waals surface area contributed by atoms with E-state index in [1.807, 2.05) is 13.8 Å². The summed E-state index contributed by atoms with van der Waals surface area (Å²) in [4.78, 5) is 91.6. The molecule has 20 nitrogen and oxygen atoms in total. The number of rotatable bonds is 28. The minimum Gasteiger partial charge on any atom is -0.507 e. The predicted octanol–water partition coefficient (Wildman–Crippen LogP) is 15.4. The Balaban J connectivity index is 1.19. The van der Waals surface area contributed by atoms with E-state index in [1.54, 1.807) is 206 Å². The molecule has 0 radical (unpaired) electrons. The number of anilines is 6. The van der Waals surface area contributed by atoms with Gasteiger partial charge in [0.1, 0.15) is 58.1 Å². The van der Waals surface area contributed by atoms with Crippen LogP contribution in [0.5, 0.6) is 46.0 Å². The Bertz CT molecular complexity index is 4300. The molecule has 6 amide bonds. The molecule has 10 aromatic rings. The molecule has 1 aliphatic carbocycles. The minimum atomic E-state index is -1.41. The predicted molar refractivity (Wildman–Crippen MR) is 402 cm³/mol. The Hall–Kier alpha value is -12.6. The lowest BCUT2D eigenvalue weighted by Crippen LogP contribution is -2.41. The van der Waals surface area contributed by atoms with Crippen LogP contribution in [0, 0.1) is 0 Å². The molecule has 2 unspecified atom stereocenters. The molecule has 532 valence electrons. The highest BCUT2D eigenvalue weighted by atomic mass is 16.5. The van der Waals surface area contributed by atoms with Crippen molar-refractivity contribution in [1.29, 1.82) is 0 Å². The first-order chi connectivity index (χ1) is 50.6. The van der Waals surface area contributed by atoms with Crippen molar-refractivity contribution in [3.63, 3.8) is 0 Å². The van der Waals surface area contributed by atoms with E-state index in [-0.39, 0.29) is 95.2 Å². The average molecular weight is 1400 g/mol. The quantitative estimate of drug-likeness (QED) is 0.0152. The number of hydrogen-bond acceptors (Lipinski definition) is 14. The van der Waals surface area contributed by atoms with E-state index in [9.17, 15) is 19.8 Å². The normalized spacial score (nSPS) is 12.1. The standard InChI is InChI=1S/C84H82N6O14/c1-7-9-37-103-79-61-39-57-43-67(85-51-91)45-59(77(57)93)41-63-49-70(90(84(98)56-19-15-12-16-20-56)76(54-23-31-72(100-4)32-24-54)82(96)88-66-27-35-74(102-6)36-28-66)50-64(80(63)104-38-10-8-2)42-60-46-68(86-52-92)44-58(78(60)94)40-62(79)48-69(47-61)89(83(97)55-17-13-11-14-18-55)75(53-21-29-71(99-3)30-22-53)81(95)87-65-25-33-73(101-5)34-26-65/h11-36,43-52,75-76,93-94H,7-10,37-42H2,1-6H3,(H,85,91)(H,86,92)(H,87,95)(H,88,96). The Morgan fingerprint density at radius 3 is 0.981 bits per heavy atom. The van der Waals surface area contributed by atoms with Crippen LogP contribution in [0.4, 0.5) is 34.1 Å². The lowest BCUT2D eigenvalue weighted by molar-refractivity contribution is -0.118. The van der Waals surface area contributed by atoms with Gasteiger partial charge in [-0.2, -0.15) is 0 Å². The molecule has 11 rings (SSSR count). The summed E-state index contributed by atoms with van der Waals surface area (Å²) in [6.45, 7) is 4.46. The number of fused-ring (bicyclic) bond motifs is 8. The van der Waals surface area contributed by atoms with Gasteiger partial charge in [0.25, 0.3) is 23.6 Å².